The molecule has 0 N–H and O–H groups in total. The van der Waals surface area contributed by atoms with E-state index >= 15 is 0 Å². The van der Waals surface area contributed by atoms with Crippen molar-refractivity contribution in [3.63, 3.8) is 0 Å². The highest BCUT2D eigenvalue weighted by molar-refractivity contribution is 5.85. The second-order valence-corrected chi connectivity index (χ2v) is 12.8. The Labute approximate surface area is 251 Å². The van der Waals surface area contributed by atoms with Gasteiger partial charge in [0, 0.05) is 64.9 Å². The molecule has 2 fully saturated rings. The summed E-state index contributed by atoms with van der Waals surface area (Å²) in [5.74, 6) is -0.207. The van der Waals surface area contributed by atoms with Crippen LogP contribution in [0.15, 0.2) is 66.7 Å². The quantitative estimate of drug-likeness (QED) is 0.284. The molecule has 2 heterocycles. The minimum Gasteiger partial charge on any atom is -0.444 e. The molecule has 42 heavy (non-hydrogen) atoms. The maximum atomic E-state index is 13.8. The number of hydrogen-bond donors (Lipinski definition) is 0. The number of rotatable bonds is 9. The lowest BCUT2D eigenvalue weighted by Crippen LogP contribution is -2.54. The SMILES string of the molecule is CC(C)(C)OC(=O)N1CCN(C(CN2CCN(CCCCc3cccc4ccccc34)CC2)c2ccc(F)cc2)CC1. The van der Waals surface area contributed by atoms with Crippen LogP contribution in [0.1, 0.15) is 50.8 Å². The average molecular weight is 575 g/mol. The van der Waals surface area contributed by atoms with Crippen molar-refractivity contribution in [2.75, 3.05) is 65.4 Å². The first-order valence-electron chi connectivity index (χ1n) is 15.6. The van der Waals surface area contributed by atoms with Crippen molar-refractivity contribution in [3.8, 4) is 0 Å². The molecule has 1 atom stereocenters. The average Bonchev–Trinajstić information content (AvgIpc) is 2.99. The Kier molecular flexibility index (Phi) is 10.1. The van der Waals surface area contributed by atoms with Gasteiger partial charge in [-0.05, 0) is 80.6 Å². The van der Waals surface area contributed by atoms with Crippen molar-refractivity contribution >= 4 is 16.9 Å². The molecule has 0 spiro atoms. The summed E-state index contributed by atoms with van der Waals surface area (Å²) in [4.78, 5) is 22.0. The van der Waals surface area contributed by atoms with E-state index in [1.54, 1.807) is 12.1 Å². The molecular weight excluding hydrogens is 527 g/mol. The van der Waals surface area contributed by atoms with Gasteiger partial charge in [-0.3, -0.25) is 9.80 Å². The molecule has 226 valence electrons. The molecule has 1 amide bonds. The van der Waals surface area contributed by atoms with Crippen LogP contribution in [0.3, 0.4) is 0 Å². The summed E-state index contributed by atoms with van der Waals surface area (Å²) in [6, 6.07) is 22.5. The minimum absolute atomic E-state index is 0.165. The number of fused-ring (bicyclic) bond motifs is 1. The fourth-order valence-corrected chi connectivity index (χ4v) is 6.26. The zero-order valence-electron chi connectivity index (χ0n) is 25.6. The van der Waals surface area contributed by atoms with Crippen molar-refractivity contribution in [1.29, 1.82) is 0 Å². The van der Waals surface area contributed by atoms with E-state index in [4.69, 9.17) is 4.74 Å². The number of carbonyl (C=O) groups is 1. The molecule has 3 aromatic rings. The fraction of sp³-hybridized carbons (Fsp3) is 0.514. The van der Waals surface area contributed by atoms with Crippen molar-refractivity contribution in [1.82, 2.24) is 19.6 Å². The molecule has 0 aliphatic carbocycles. The van der Waals surface area contributed by atoms with E-state index in [9.17, 15) is 9.18 Å². The second kappa shape index (κ2) is 14.0. The summed E-state index contributed by atoms with van der Waals surface area (Å²) in [7, 11) is 0. The molecular formula is C35H47FN4O2. The Balaban J connectivity index is 1.10. The lowest BCUT2D eigenvalue weighted by atomic mass is 10.00. The van der Waals surface area contributed by atoms with E-state index in [0.29, 0.717) is 13.1 Å². The number of aryl methyl sites for hydroxylation is 1. The van der Waals surface area contributed by atoms with Crippen molar-refractivity contribution < 1.29 is 13.9 Å². The minimum atomic E-state index is -0.496. The zero-order valence-corrected chi connectivity index (χ0v) is 25.6. The number of hydrogen-bond acceptors (Lipinski definition) is 5. The highest BCUT2D eigenvalue weighted by Crippen LogP contribution is 2.26. The fourth-order valence-electron chi connectivity index (χ4n) is 6.26. The maximum absolute atomic E-state index is 13.8. The normalized spacial score (nSPS) is 18.3. The molecule has 0 radical (unpaired) electrons. The van der Waals surface area contributed by atoms with Gasteiger partial charge in [-0.25, -0.2) is 9.18 Å². The number of carbonyl (C=O) groups excluding carboxylic acids is 1. The molecule has 5 rings (SSSR count). The highest BCUT2D eigenvalue weighted by Gasteiger charge is 2.31. The van der Waals surface area contributed by atoms with Gasteiger partial charge in [-0.1, -0.05) is 54.6 Å². The number of benzene rings is 3. The smallest absolute Gasteiger partial charge is 0.410 e. The molecule has 2 saturated heterocycles. The lowest BCUT2D eigenvalue weighted by Gasteiger charge is -2.43. The number of nitrogens with zero attached hydrogens (tertiary/aromatic N) is 4. The number of piperazine rings is 2. The van der Waals surface area contributed by atoms with Crippen LogP contribution in [0.2, 0.25) is 0 Å². The van der Waals surface area contributed by atoms with Crippen LogP contribution < -0.4 is 0 Å². The standard InChI is InChI=1S/C35H47FN4O2/c1-35(2,3)42-34(41)40-25-23-39(24-26-40)33(30-14-16-31(36)17-15-30)27-38-21-19-37(20-22-38)18-7-6-10-29-12-8-11-28-9-4-5-13-32(28)29/h4-5,8-9,11-17,33H,6-7,10,18-27H2,1-3H3. The Morgan fingerprint density at radius 3 is 2.19 bits per heavy atom. The summed E-state index contributed by atoms with van der Waals surface area (Å²) < 4.78 is 19.4. The van der Waals surface area contributed by atoms with Gasteiger partial charge in [0.1, 0.15) is 11.4 Å². The monoisotopic (exact) mass is 574 g/mol. The summed E-state index contributed by atoms with van der Waals surface area (Å²) in [6.45, 7) is 14.8. The molecule has 0 bridgehead atoms. The van der Waals surface area contributed by atoms with Crippen LogP contribution in [0.5, 0.6) is 0 Å². The number of amides is 1. The van der Waals surface area contributed by atoms with Gasteiger partial charge < -0.3 is 14.5 Å². The first kappa shape index (κ1) is 30.5. The van der Waals surface area contributed by atoms with E-state index in [2.05, 4.69) is 57.2 Å². The van der Waals surface area contributed by atoms with Gasteiger partial charge in [0.05, 0.1) is 0 Å². The van der Waals surface area contributed by atoms with Gasteiger partial charge in [-0.15, -0.1) is 0 Å². The Hall–Kier alpha value is -3.00. The predicted octanol–water partition coefficient (Wildman–Crippen LogP) is 6.21. The van der Waals surface area contributed by atoms with Crippen molar-refractivity contribution in [2.45, 2.75) is 51.7 Å². The van der Waals surface area contributed by atoms with Crippen LogP contribution in [0.25, 0.3) is 10.8 Å². The van der Waals surface area contributed by atoms with Gasteiger partial charge in [0.2, 0.25) is 0 Å². The van der Waals surface area contributed by atoms with Gasteiger partial charge in [0.25, 0.3) is 0 Å². The van der Waals surface area contributed by atoms with Crippen LogP contribution in [0, 0.1) is 5.82 Å². The van der Waals surface area contributed by atoms with E-state index < -0.39 is 5.60 Å². The van der Waals surface area contributed by atoms with Crippen LogP contribution >= 0.6 is 0 Å². The molecule has 0 aromatic heterocycles. The summed E-state index contributed by atoms with van der Waals surface area (Å²) >= 11 is 0. The molecule has 1 unspecified atom stereocenters. The molecule has 6 nitrogen and oxygen atoms in total. The van der Waals surface area contributed by atoms with E-state index in [0.717, 1.165) is 64.3 Å². The number of halogens is 1. The maximum Gasteiger partial charge on any atom is 0.410 e. The number of ether oxygens (including phenoxy) is 1. The van der Waals surface area contributed by atoms with Gasteiger partial charge in [-0.2, -0.15) is 0 Å². The Morgan fingerprint density at radius 2 is 1.48 bits per heavy atom. The first-order valence-corrected chi connectivity index (χ1v) is 15.6. The van der Waals surface area contributed by atoms with Crippen LogP contribution in [0.4, 0.5) is 9.18 Å². The molecule has 3 aromatic carbocycles. The Morgan fingerprint density at radius 1 is 0.810 bits per heavy atom. The molecule has 2 aliphatic heterocycles. The molecule has 7 heteroatoms. The van der Waals surface area contributed by atoms with Gasteiger partial charge in [0.15, 0.2) is 0 Å². The van der Waals surface area contributed by atoms with E-state index in [1.165, 1.54) is 29.2 Å². The van der Waals surface area contributed by atoms with Crippen LogP contribution in [-0.2, 0) is 11.2 Å². The predicted molar refractivity (Wildman–Crippen MR) is 168 cm³/mol. The highest BCUT2D eigenvalue weighted by atomic mass is 19.1. The first-order chi connectivity index (χ1) is 20.2. The summed E-state index contributed by atoms with van der Waals surface area (Å²) in [5.41, 5.74) is 2.10. The van der Waals surface area contributed by atoms with Gasteiger partial charge >= 0.3 is 6.09 Å². The topological polar surface area (TPSA) is 39.3 Å². The molecule has 0 saturated carbocycles. The third-order valence-electron chi connectivity index (χ3n) is 8.61. The summed E-state index contributed by atoms with van der Waals surface area (Å²) in [6.07, 6.45) is 3.30. The number of unbranched alkanes of at least 4 members (excludes halogenated alkanes) is 1. The van der Waals surface area contributed by atoms with Crippen molar-refractivity contribution in [2.24, 2.45) is 0 Å². The van der Waals surface area contributed by atoms with E-state index in [-0.39, 0.29) is 18.0 Å². The second-order valence-electron chi connectivity index (χ2n) is 12.8. The van der Waals surface area contributed by atoms with Crippen LogP contribution in [-0.4, -0.2) is 96.7 Å². The Bertz CT molecular complexity index is 1290. The van der Waals surface area contributed by atoms with E-state index in [1.807, 2.05) is 37.8 Å². The lowest BCUT2D eigenvalue weighted by molar-refractivity contribution is 0.00655. The third kappa shape index (κ3) is 8.30. The van der Waals surface area contributed by atoms with Crippen molar-refractivity contribution in [3.05, 3.63) is 83.7 Å². The molecule has 2 aliphatic rings. The zero-order chi connectivity index (χ0) is 29.5. The summed E-state index contributed by atoms with van der Waals surface area (Å²) in [5, 5.41) is 2.71. The third-order valence-corrected chi connectivity index (χ3v) is 8.61. The largest absolute Gasteiger partial charge is 0.444 e.